The molecule has 4 rings (SSSR count). The van der Waals surface area contributed by atoms with E-state index in [1.807, 2.05) is 53.7 Å². The average Bonchev–Trinajstić information content (AvgIpc) is 3.48. The summed E-state index contributed by atoms with van der Waals surface area (Å²) in [5.41, 5.74) is 1.83. The van der Waals surface area contributed by atoms with Crippen molar-refractivity contribution in [1.29, 1.82) is 0 Å². The van der Waals surface area contributed by atoms with Gasteiger partial charge < -0.3 is 14.8 Å². The quantitative estimate of drug-likeness (QED) is 0.242. The second kappa shape index (κ2) is 9.17. The summed E-state index contributed by atoms with van der Waals surface area (Å²) in [7, 11) is 0. The number of thioether (sulfide) groups is 1. The highest BCUT2D eigenvalue weighted by molar-refractivity contribution is 8.18. The van der Waals surface area contributed by atoms with E-state index in [2.05, 4.69) is 20.5 Å². The van der Waals surface area contributed by atoms with Crippen molar-refractivity contribution in [3.05, 3.63) is 56.0 Å². The van der Waals surface area contributed by atoms with Crippen molar-refractivity contribution in [1.82, 2.24) is 15.5 Å². The normalized spacial score (nSPS) is 16.7. The first-order valence-electron chi connectivity index (χ1n) is 11.0. The lowest BCUT2D eigenvalue weighted by Gasteiger charge is -2.28. The van der Waals surface area contributed by atoms with Gasteiger partial charge in [-0.2, -0.15) is 4.99 Å². The van der Waals surface area contributed by atoms with E-state index in [4.69, 9.17) is 4.42 Å². The van der Waals surface area contributed by atoms with Gasteiger partial charge in [-0.3, -0.25) is 14.9 Å². The number of aliphatic imine (C=N–C) groups is 1. The van der Waals surface area contributed by atoms with Gasteiger partial charge in [0, 0.05) is 11.1 Å². The standard InChI is InChI=1S/C24H25N5O5S2/c1-23(2,3)13-9-12(10-14(18(13)30)24(4,5)6)11-16-19(31)25-21(35-16)26-22-28-27-20(36-22)15-7-8-17(34-15)29(32)33/h7-11,30H,1-6H3,(H,25,26,28,31). The number of hydrogen-bond donors (Lipinski definition) is 2. The van der Waals surface area contributed by atoms with Crippen molar-refractivity contribution in [3.8, 4) is 16.5 Å². The Morgan fingerprint density at radius 2 is 1.75 bits per heavy atom. The molecule has 1 saturated heterocycles. The van der Waals surface area contributed by atoms with Crippen molar-refractivity contribution in [2.45, 2.75) is 52.4 Å². The summed E-state index contributed by atoms with van der Waals surface area (Å²) in [5, 5.41) is 33.4. The number of nitro groups is 1. The molecule has 3 aromatic rings. The number of benzene rings is 1. The number of rotatable bonds is 4. The SMILES string of the molecule is CC(C)(C)c1cc(C=C2SC(=Nc3nnc(-c4ccc([N+](=O)[O-])o4)s3)NC2=O)cc(C(C)(C)C)c1O. The largest absolute Gasteiger partial charge is 0.507 e. The highest BCUT2D eigenvalue weighted by atomic mass is 32.2. The van der Waals surface area contributed by atoms with Crippen LogP contribution < -0.4 is 5.32 Å². The molecule has 36 heavy (non-hydrogen) atoms. The number of nitrogens with one attached hydrogen (secondary N) is 1. The lowest BCUT2D eigenvalue weighted by Crippen LogP contribution is -2.19. The maximum absolute atomic E-state index is 12.7. The zero-order chi connectivity index (χ0) is 26.4. The number of phenolic OH excluding ortho intramolecular Hbond substituents is 1. The number of phenols is 1. The second-order valence-electron chi connectivity index (χ2n) is 10.2. The zero-order valence-electron chi connectivity index (χ0n) is 20.6. The lowest BCUT2D eigenvalue weighted by molar-refractivity contribution is -0.401. The molecule has 3 heterocycles. The highest BCUT2D eigenvalue weighted by Crippen LogP contribution is 2.41. The summed E-state index contributed by atoms with van der Waals surface area (Å²) in [5.74, 6) is -0.198. The van der Waals surface area contributed by atoms with Crippen LogP contribution in [-0.4, -0.2) is 31.3 Å². The molecule has 10 nitrogen and oxygen atoms in total. The Hall–Kier alpha value is -3.51. The van der Waals surface area contributed by atoms with Crippen LogP contribution >= 0.6 is 23.1 Å². The van der Waals surface area contributed by atoms with E-state index in [0.717, 1.165) is 28.0 Å². The van der Waals surface area contributed by atoms with Gasteiger partial charge >= 0.3 is 5.88 Å². The van der Waals surface area contributed by atoms with Crippen LogP contribution in [0.3, 0.4) is 0 Å². The topological polar surface area (TPSA) is 144 Å². The molecule has 1 amide bonds. The Kier molecular flexibility index (Phi) is 6.52. The Labute approximate surface area is 215 Å². The van der Waals surface area contributed by atoms with Crippen molar-refractivity contribution in [2.75, 3.05) is 0 Å². The van der Waals surface area contributed by atoms with Gasteiger partial charge in [0.2, 0.25) is 5.13 Å². The van der Waals surface area contributed by atoms with Crippen molar-refractivity contribution >= 4 is 51.3 Å². The van der Waals surface area contributed by atoms with E-state index in [0.29, 0.717) is 15.1 Å². The number of aromatic nitrogens is 2. The van der Waals surface area contributed by atoms with Crippen LogP contribution in [0.1, 0.15) is 58.2 Å². The Morgan fingerprint density at radius 1 is 1.11 bits per heavy atom. The molecule has 0 saturated carbocycles. The molecule has 0 aliphatic carbocycles. The number of carbonyl (C=O) groups is 1. The summed E-state index contributed by atoms with van der Waals surface area (Å²) in [4.78, 5) is 27.7. The van der Waals surface area contributed by atoms with Crippen LogP contribution in [0, 0.1) is 10.1 Å². The minimum atomic E-state index is -0.632. The van der Waals surface area contributed by atoms with Gasteiger partial charge in [0.1, 0.15) is 10.7 Å². The molecule has 0 atom stereocenters. The van der Waals surface area contributed by atoms with Crippen LogP contribution in [0.5, 0.6) is 5.75 Å². The van der Waals surface area contributed by atoms with E-state index >= 15 is 0 Å². The Morgan fingerprint density at radius 3 is 2.31 bits per heavy atom. The third kappa shape index (κ3) is 5.34. The maximum atomic E-state index is 12.7. The van der Waals surface area contributed by atoms with E-state index in [9.17, 15) is 20.0 Å². The maximum Gasteiger partial charge on any atom is 0.433 e. The molecule has 1 aliphatic heterocycles. The fraction of sp³-hybridized carbons (Fsp3) is 0.333. The summed E-state index contributed by atoms with van der Waals surface area (Å²) in [6.45, 7) is 12.2. The third-order valence-electron chi connectivity index (χ3n) is 5.29. The predicted molar refractivity (Wildman–Crippen MR) is 141 cm³/mol. The first-order valence-corrected chi connectivity index (χ1v) is 12.6. The number of amidine groups is 1. The van der Waals surface area contributed by atoms with Gasteiger partial charge in [-0.05, 0) is 52.4 Å². The molecule has 1 aromatic carbocycles. The number of hydrogen-bond acceptors (Lipinski definition) is 10. The van der Waals surface area contributed by atoms with E-state index in [-0.39, 0.29) is 39.3 Å². The summed E-state index contributed by atoms with van der Waals surface area (Å²) >= 11 is 2.24. The molecule has 1 aliphatic rings. The fourth-order valence-electron chi connectivity index (χ4n) is 3.50. The van der Waals surface area contributed by atoms with Crippen LogP contribution in [0.25, 0.3) is 16.8 Å². The van der Waals surface area contributed by atoms with E-state index in [1.54, 1.807) is 6.08 Å². The summed E-state index contributed by atoms with van der Waals surface area (Å²) in [6, 6.07) is 6.49. The first-order chi connectivity index (χ1) is 16.7. The van der Waals surface area contributed by atoms with Gasteiger partial charge in [0.05, 0.1) is 11.0 Å². The molecule has 188 valence electrons. The minimum absolute atomic E-state index is 0.214. The van der Waals surface area contributed by atoms with Crippen LogP contribution in [0.15, 0.2) is 38.6 Å². The Bertz CT molecular complexity index is 1390. The highest BCUT2D eigenvalue weighted by Gasteiger charge is 2.28. The molecule has 0 spiro atoms. The van der Waals surface area contributed by atoms with Gasteiger partial charge in [-0.25, -0.2) is 0 Å². The Balaban J connectivity index is 1.62. The summed E-state index contributed by atoms with van der Waals surface area (Å²) < 4.78 is 5.15. The molecule has 2 N–H and O–H groups in total. The number of aromatic hydroxyl groups is 1. The predicted octanol–water partition coefficient (Wildman–Crippen LogP) is 5.90. The third-order valence-corrected chi connectivity index (χ3v) is 7.03. The fourth-order valence-corrected chi connectivity index (χ4v) is 5.07. The molecule has 0 unspecified atom stereocenters. The second-order valence-corrected chi connectivity index (χ2v) is 12.2. The molecule has 0 radical (unpaired) electrons. The number of furan rings is 1. The smallest absolute Gasteiger partial charge is 0.433 e. The van der Waals surface area contributed by atoms with Crippen molar-refractivity contribution < 1.29 is 19.2 Å². The number of amides is 1. The van der Waals surface area contributed by atoms with Gasteiger partial charge in [0.15, 0.2) is 15.9 Å². The molecule has 2 aromatic heterocycles. The van der Waals surface area contributed by atoms with Crippen LogP contribution in [0.4, 0.5) is 11.0 Å². The average molecular weight is 528 g/mol. The van der Waals surface area contributed by atoms with E-state index in [1.165, 1.54) is 23.9 Å². The minimum Gasteiger partial charge on any atom is -0.507 e. The molecule has 12 heteroatoms. The van der Waals surface area contributed by atoms with Gasteiger partial charge in [-0.1, -0.05) is 52.9 Å². The molecular formula is C24H25N5O5S2. The molecular weight excluding hydrogens is 502 g/mol. The van der Waals surface area contributed by atoms with Gasteiger partial charge in [-0.15, -0.1) is 10.2 Å². The van der Waals surface area contributed by atoms with Crippen LogP contribution in [0.2, 0.25) is 0 Å². The monoisotopic (exact) mass is 527 g/mol. The zero-order valence-corrected chi connectivity index (χ0v) is 22.2. The van der Waals surface area contributed by atoms with Crippen LogP contribution in [-0.2, 0) is 15.6 Å². The van der Waals surface area contributed by atoms with Crippen molar-refractivity contribution in [3.63, 3.8) is 0 Å². The first kappa shape index (κ1) is 25.6. The van der Waals surface area contributed by atoms with Crippen molar-refractivity contribution in [2.24, 2.45) is 4.99 Å². The summed E-state index contributed by atoms with van der Waals surface area (Å²) in [6.07, 6.45) is 1.78. The van der Waals surface area contributed by atoms with E-state index < -0.39 is 4.92 Å². The molecule has 0 bridgehead atoms. The molecule has 1 fully saturated rings. The lowest BCUT2D eigenvalue weighted by atomic mass is 9.78. The number of nitrogens with zero attached hydrogens (tertiary/aromatic N) is 4. The van der Waals surface area contributed by atoms with Gasteiger partial charge in [0.25, 0.3) is 5.91 Å². The number of carbonyl (C=O) groups excluding carboxylic acids is 1.